The van der Waals surface area contributed by atoms with E-state index < -0.39 is 0 Å². The number of aliphatic hydroxyl groups excluding tert-OH is 1. The molecule has 2 atom stereocenters. The van der Waals surface area contributed by atoms with Crippen LogP contribution in [0.2, 0.25) is 0 Å². The molecule has 2 rings (SSSR count). The highest BCUT2D eigenvalue weighted by Crippen LogP contribution is 2.27. The molecule has 0 amide bonds. The summed E-state index contributed by atoms with van der Waals surface area (Å²) in [6.07, 6.45) is 5.28. The number of rotatable bonds is 2. The van der Waals surface area contributed by atoms with E-state index in [1.165, 1.54) is 18.5 Å². The fourth-order valence-corrected chi connectivity index (χ4v) is 2.14. The van der Waals surface area contributed by atoms with Crippen molar-refractivity contribution in [1.29, 1.82) is 0 Å². The molecule has 0 saturated carbocycles. The van der Waals surface area contributed by atoms with E-state index >= 15 is 0 Å². The van der Waals surface area contributed by atoms with E-state index in [1.54, 1.807) is 0 Å². The molecule has 1 aromatic heterocycles. The normalized spacial score (nSPS) is 23.2. The lowest BCUT2D eigenvalue weighted by Crippen LogP contribution is -2.20. The van der Waals surface area contributed by atoms with Crippen molar-refractivity contribution in [3.63, 3.8) is 0 Å². The largest absolute Gasteiger partial charge is 0.394 e. The number of aliphatic hydroxyl groups is 1. The smallest absolute Gasteiger partial charge is 0.0954 e. The van der Waals surface area contributed by atoms with Gasteiger partial charge in [-0.25, -0.2) is 4.98 Å². The lowest BCUT2D eigenvalue weighted by molar-refractivity contribution is 0.265. The molecule has 2 heterocycles. The van der Waals surface area contributed by atoms with Crippen LogP contribution in [0.15, 0.2) is 6.33 Å². The molecule has 2 unspecified atom stereocenters. The maximum absolute atomic E-state index is 9.00. The lowest BCUT2D eigenvalue weighted by Gasteiger charge is -2.23. The minimum atomic E-state index is -0.323. The van der Waals surface area contributed by atoms with Crippen LogP contribution in [0.3, 0.4) is 0 Å². The molecule has 4 heteroatoms. The molecule has 0 saturated heterocycles. The third kappa shape index (κ3) is 1.44. The maximum Gasteiger partial charge on any atom is 0.0954 e. The Morgan fingerprint density at radius 1 is 1.79 bits per heavy atom. The minimum absolute atomic E-state index is 0.0294. The van der Waals surface area contributed by atoms with Crippen molar-refractivity contribution >= 4 is 0 Å². The zero-order valence-corrected chi connectivity index (χ0v) is 8.48. The molecule has 78 valence electrons. The van der Waals surface area contributed by atoms with Crippen molar-refractivity contribution in [2.24, 2.45) is 5.73 Å². The predicted octanol–water partition coefficient (Wildman–Crippen LogP) is 0.773. The van der Waals surface area contributed by atoms with Gasteiger partial charge < -0.3 is 15.4 Å². The van der Waals surface area contributed by atoms with Crippen LogP contribution in [-0.4, -0.2) is 21.3 Å². The molecule has 0 aliphatic carbocycles. The van der Waals surface area contributed by atoms with Crippen molar-refractivity contribution in [3.05, 3.63) is 17.7 Å². The van der Waals surface area contributed by atoms with E-state index in [4.69, 9.17) is 10.8 Å². The first-order valence-corrected chi connectivity index (χ1v) is 5.16. The SMILES string of the molecule is CC1CCCc2c(C(N)CO)ncn21. The Kier molecular flexibility index (Phi) is 2.56. The zero-order chi connectivity index (χ0) is 10.1. The molecule has 0 spiro atoms. The molecule has 1 aliphatic heterocycles. The summed E-state index contributed by atoms with van der Waals surface area (Å²) in [5.41, 5.74) is 7.87. The summed E-state index contributed by atoms with van der Waals surface area (Å²) in [5.74, 6) is 0. The Hall–Kier alpha value is -0.870. The van der Waals surface area contributed by atoms with E-state index in [-0.39, 0.29) is 12.6 Å². The van der Waals surface area contributed by atoms with E-state index in [2.05, 4.69) is 16.5 Å². The van der Waals surface area contributed by atoms with Crippen LogP contribution >= 0.6 is 0 Å². The van der Waals surface area contributed by atoms with Gasteiger partial charge in [-0.15, -0.1) is 0 Å². The summed E-state index contributed by atoms with van der Waals surface area (Å²) >= 11 is 0. The fraction of sp³-hybridized carbons (Fsp3) is 0.700. The fourth-order valence-electron chi connectivity index (χ4n) is 2.14. The molecule has 0 radical (unpaired) electrons. The van der Waals surface area contributed by atoms with Crippen molar-refractivity contribution in [1.82, 2.24) is 9.55 Å². The molecule has 4 nitrogen and oxygen atoms in total. The van der Waals surface area contributed by atoms with Crippen LogP contribution in [-0.2, 0) is 6.42 Å². The van der Waals surface area contributed by atoms with Crippen LogP contribution in [0.25, 0.3) is 0 Å². The van der Waals surface area contributed by atoms with Gasteiger partial charge >= 0.3 is 0 Å². The second-order valence-corrected chi connectivity index (χ2v) is 4.01. The minimum Gasteiger partial charge on any atom is -0.394 e. The zero-order valence-electron chi connectivity index (χ0n) is 8.48. The van der Waals surface area contributed by atoms with Crippen molar-refractivity contribution in [2.75, 3.05) is 6.61 Å². The highest BCUT2D eigenvalue weighted by atomic mass is 16.3. The summed E-state index contributed by atoms with van der Waals surface area (Å²) in [6.45, 7) is 2.16. The van der Waals surface area contributed by atoms with Gasteiger partial charge in [0.2, 0.25) is 0 Å². The third-order valence-electron chi connectivity index (χ3n) is 2.99. The van der Waals surface area contributed by atoms with E-state index in [0.29, 0.717) is 6.04 Å². The predicted molar refractivity (Wildman–Crippen MR) is 53.9 cm³/mol. The summed E-state index contributed by atoms with van der Waals surface area (Å²) in [4.78, 5) is 4.30. The summed E-state index contributed by atoms with van der Waals surface area (Å²) in [7, 11) is 0. The maximum atomic E-state index is 9.00. The van der Waals surface area contributed by atoms with Gasteiger partial charge in [0.1, 0.15) is 0 Å². The standard InChI is InChI=1S/C10H17N3O/c1-7-3-2-4-9-10(8(11)5-14)12-6-13(7)9/h6-8,14H,2-5,11H2,1H3. The third-order valence-corrected chi connectivity index (χ3v) is 2.99. The first-order valence-electron chi connectivity index (χ1n) is 5.16. The Morgan fingerprint density at radius 2 is 2.57 bits per heavy atom. The van der Waals surface area contributed by atoms with Gasteiger partial charge in [-0.2, -0.15) is 0 Å². The molecule has 1 aliphatic rings. The van der Waals surface area contributed by atoms with Gasteiger partial charge in [0.25, 0.3) is 0 Å². The molecule has 14 heavy (non-hydrogen) atoms. The topological polar surface area (TPSA) is 64.1 Å². The quantitative estimate of drug-likeness (QED) is 0.732. The lowest BCUT2D eigenvalue weighted by atomic mass is 10.0. The van der Waals surface area contributed by atoms with Gasteiger partial charge in [0, 0.05) is 11.7 Å². The van der Waals surface area contributed by atoms with Gasteiger partial charge in [0.05, 0.1) is 24.7 Å². The average molecular weight is 195 g/mol. The van der Waals surface area contributed by atoms with E-state index in [1.807, 2.05) is 6.33 Å². The molecular formula is C10H17N3O. The van der Waals surface area contributed by atoms with Gasteiger partial charge in [-0.3, -0.25) is 0 Å². The first kappa shape index (κ1) is 9.68. The van der Waals surface area contributed by atoms with Gasteiger partial charge in [-0.1, -0.05) is 0 Å². The Morgan fingerprint density at radius 3 is 3.29 bits per heavy atom. The number of imidazole rings is 1. The Balaban J connectivity index is 2.35. The summed E-state index contributed by atoms with van der Waals surface area (Å²) < 4.78 is 2.19. The van der Waals surface area contributed by atoms with Crippen LogP contribution in [0.1, 0.15) is 43.2 Å². The molecule has 0 aromatic carbocycles. The highest BCUT2D eigenvalue weighted by molar-refractivity contribution is 5.19. The highest BCUT2D eigenvalue weighted by Gasteiger charge is 2.22. The number of hydrogen-bond acceptors (Lipinski definition) is 3. The van der Waals surface area contributed by atoms with E-state index in [9.17, 15) is 0 Å². The van der Waals surface area contributed by atoms with Gasteiger partial charge in [-0.05, 0) is 26.2 Å². The van der Waals surface area contributed by atoms with Crippen LogP contribution in [0.4, 0.5) is 0 Å². The number of nitrogens with zero attached hydrogens (tertiary/aromatic N) is 2. The Labute approximate surface area is 83.8 Å². The van der Waals surface area contributed by atoms with Gasteiger partial charge in [0.15, 0.2) is 0 Å². The Bertz CT molecular complexity index is 321. The molecule has 3 N–H and O–H groups in total. The second-order valence-electron chi connectivity index (χ2n) is 4.01. The van der Waals surface area contributed by atoms with Crippen LogP contribution in [0, 0.1) is 0 Å². The van der Waals surface area contributed by atoms with Crippen molar-refractivity contribution < 1.29 is 5.11 Å². The number of hydrogen-bond donors (Lipinski definition) is 2. The average Bonchev–Trinajstić information content (AvgIpc) is 2.62. The van der Waals surface area contributed by atoms with E-state index in [0.717, 1.165) is 12.1 Å². The van der Waals surface area contributed by atoms with Crippen molar-refractivity contribution in [2.45, 2.75) is 38.3 Å². The number of aromatic nitrogens is 2. The summed E-state index contributed by atoms with van der Waals surface area (Å²) in [5, 5.41) is 9.00. The number of nitrogens with two attached hydrogens (primary N) is 1. The molecular weight excluding hydrogens is 178 g/mol. The number of fused-ring (bicyclic) bond motifs is 1. The monoisotopic (exact) mass is 195 g/mol. The first-order chi connectivity index (χ1) is 6.74. The molecule has 0 fully saturated rings. The second kappa shape index (κ2) is 3.71. The van der Waals surface area contributed by atoms with Crippen molar-refractivity contribution in [3.8, 4) is 0 Å². The van der Waals surface area contributed by atoms with Crippen LogP contribution in [0.5, 0.6) is 0 Å². The molecule has 1 aromatic rings. The summed E-state index contributed by atoms with van der Waals surface area (Å²) in [6, 6.07) is 0.197. The molecule has 0 bridgehead atoms. The van der Waals surface area contributed by atoms with Crippen LogP contribution < -0.4 is 5.73 Å².